The van der Waals surface area contributed by atoms with Gasteiger partial charge in [-0.25, -0.2) is 4.98 Å². The molecule has 1 aliphatic heterocycles. The molecule has 0 bridgehead atoms. The highest BCUT2D eigenvalue weighted by molar-refractivity contribution is 7.09. The first kappa shape index (κ1) is 8.43. The minimum absolute atomic E-state index is 0.0554. The Balaban J connectivity index is 1.95. The zero-order valence-corrected chi connectivity index (χ0v) is 7.93. The van der Waals surface area contributed by atoms with E-state index in [0.717, 1.165) is 11.0 Å². The SMILES string of the molecule is Cc1nsc(N[C@@H]2COC(=O)C2)n1. The van der Waals surface area contributed by atoms with Gasteiger partial charge < -0.3 is 10.1 Å². The Morgan fingerprint density at radius 2 is 2.54 bits per heavy atom. The number of carbonyl (C=O) groups excluding carboxylic acids is 1. The molecule has 5 nitrogen and oxygen atoms in total. The molecule has 2 heterocycles. The summed E-state index contributed by atoms with van der Waals surface area (Å²) in [6.45, 7) is 2.26. The lowest BCUT2D eigenvalue weighted by molar-refractivity contribution is -0.137. The quantitative estimate of drug-likeness (QED) is 0.705. The number of aromatic nitrogens is 2. The molecule has 0 unspecified atom stereocenters. The third kappa shape index (κ3) is 1.95. The molecule has 1 N–H and O–H groups in total. The van der Waals surface area contributed by atoms with Crippen molar-refractivity contribution in [1.82, 2.24) is 9.36 Å². The van der Waals surface area contributed by atoms with E-state index in [1.807, 2.05) is 6.92 Å². The molecule has 70 valence electrons. The number of anilines is 1. The van der Waals surface area contributed by atoms with Crippen LogP contribution in [0.5, 0.6) is 0 Å². The largest absolute Gasteiger partial charge is 0.463 e. The lowest BCUT2D eigenvalue weighted by Gasteiger charge is -2.05. The number of cyclic esters (lactones) is 1. The summed E-state index contributed by atoms with van der Waals surface area (Å²) in [7, 11) is 0. The van der Waals surface area contributed by atoms with Crippen molar-refractivity contribution in [3.63, 3.8) is 0 Å². The van der Waals surface area contributed by atoms with Gasteiger partial charge in [-0.2, -0.15) is 4.37 Å². The molecule has 0 amide bonds. The van der Waals surface area contributed by atoms with Crippen molar-refractivity contribution in [1.29, 1.82) is 0 Å². The summed E-state index contributed by atoms with van der Waals surface area (Å²) >= 11 is 1.30. The monoisotopic (exact) mass is 199 g/mol. The van der Waals surface area contributed by atoms with Gasteiger partial charge in [-0.1, -0.05) is 0 Å². The van der Waals surface area contributed by atoms with Crippen molar-refractivity contribution in [2.75, 3.05) is 11.9 Å². The molecule has 1 fully saturated rings. The highest BCUT2D eigenvalue weighted by atomic mass is 32.1. The van der Waals surface area contributed by atoms with E-state index < -0.39 is 0 Å². The smallest absolute Gasteiger partial charge is 0.308 e. The second-order valence-electron chi connectivity index (χ2n) is 2.88. The third-order valence-corrected chi connectivity index (χ3v) is 2.45. The molecule has 0 radical (unpaired) electrons. The van der Waals surface area contributed by atoms with Crippen LogP contribution in [0.25, 0.3) is 0 Å². The van der Waals surface area contributed by atoms with Crippen LogP contribution in [0.15, 0.2) is 0 Å². The van der Waals surface area contributed by atoms with Crippen LogP contribution >= 0.6 is 11.5 Å². The fourth-order valence-corrected chi connectivity index (χ4v) is 1.79. The zero-order valence-electron chi connectivity index (χ0n) is 7.11. The summed E-state index contributed by atoms with van der Waals surface area (Å²) < 4.78 is 8.82. The highest BCUT2D eigenvalue weighted by Gasteiger charge is 2.24. The number of nitrogens with zero attached hydrogens (tertiary/aromatic N) is 2. The predicted molar refractivity (Wildman–Crippen MR) is 47.6 cm³/mol. The number of hydrogen-bond donors (Lipinski definition) is 1. The van der Waals surface area contributed by atoms with Crippen molar-refractivity contribution in [2.45, 2.75) is 19.4 Å². The summed E-state index contributed by atoms with van der Waals surface area (Å²) in [6.07, 6.45) is 0.415. The first-order valence-corrected chi connectivity index (χ1v) is 4.74. The number of esters is 1. The average Bonchev–Trinajstić information content (AvgIpc) is 2.62. The Hall–Kier alpha value is -1.17. The standard InChI is InChI=1S/C7H9N3O2S/c1-4-8-7(13-10-4)9-5-2-6(11)12-3-5/h5H,2-3H2,1H3,(H,8,9,10)/t5-/m0/s1. The first-order valence-electron chi connectivity index (χ1n) is 3.96. The van der Waals surface area contributed by atoms with E-state index in [0.29, 0.717) is 13.0 Å². The second kappa shape index (κ2) is 3.29. The summed E-state index contributed by atoms with van der Waals surface area (Å²) in [5.41, 5.74) is 0. The van der Waals surface area contributed by atoms with Crippen molar-refractivity contribution in [2.24, 2.45) is 0 Å². The highest BCUT2D eigenvalue weighted by Crippen LogP contribution is 2.15. The summed E-state index contributed by atoms with van der Waals surface area (Å²) in [4.78, 5) is 14.9. The van der Waals surface area contributed by atoms with Crippen LogP contribution in [0.3, 0.4) is 0 Å². The minimum atomic E-state index is -0.154. The number of carbonyl (C=O) groups is 1. The van der Waals surface area contributed by atoms with E-state index in [-0.39, 0.29) is 12.0 Å². The molecule has 1 aliphatic rings. The molecule has 1 atom stereocenters. The maximum atomic E-state index is 10.8. The first-order chi connectivity index (χ1) is 6.24. The Morgan fingerprint density at radius 1 is 1.69 bits per heavy atom. The number of nitrogens with one attached hydrogen (secondary N) is 1. The van der Waals surface area contributed by atoms with Crippen molar-refractivity contribution in [3.05, 3.63) is 5.82 Å². The minimum Gasteiger partial charge on any atom is -0.463 e. The van der Waals surface area contributed by atoms with Crippen molar-refractivity contribution in [3.8, 4) is 0 Å². The van der Waals surface area contributed by atoms with E-state index in [1.54, 1.807) is 0 Å². The number of aryl methyl sites for hydroxylation is 1. The van der Waals surface area contributed by atoms with Gasteiger partial charge in [0.2, 0.25) is 5.13 Å². The molecular formula is C7H9N3O2S. The molecule has 0 spiro atoms. The van der Waals surface area contributed by atoms with Crippen LogP contribution in [0.1, 0.15) is 12.2 Å². The normalized spacial score (nSPS) is 21.6. The molecule has 1 saturated heterocycles. The molecule has 1 aromatic heterocycles. The third-order valence-electron chi connectivity index (χ3n) is 1.71. The maximum absolute atomic E-state index is 10.8. The second-order valence-corrected chi connectivity index (χ2v) is 3.63. The molecule has 6 heteroatoms. The Morgan fingerprint density at radius 3 is 3.08 bits per heavy atom. The van der Waals surface area contributed by atoms with Crippen LogP contribution in [-0.4, -0.2) is 28.0 Å². The van der Waals surface area contributed by atoms with Gasteiger partial charge in [0.15, 0.2) is 0 Å². The fourth-order valence-electron chi connectivity index (χ4n) is 1.14. The Labute approximate surface area is 79.3 Å². The van der Waals surface area contributed by atoms with Gasteiger partial charge in [-0.05, 0) is 6.92 Å². The van der Waals surface area contributed by atoms with Crippen LogP contribution in [0.2, 0.25) is 0 Å². The van der Waals surface area contributed by atoms with Gasteiger partial charge in [0, 0.05) is 11.5 Å². The Kier molecular flexibility index (Phi) is 2.13. The molecule has 0 aliphatic carbocycles. The predicted octanol–water partition coefficient (Wildman–Crippen LogP) is 0.574. The van der Waals surface area contributed by atoms with Crippen LogP contribution in [0, 0.1) is 6.92 Å². The number of rotatable bonds is 2. The van der Waals surface area contributed by atoms with Crippen molar-refractivity contribution >= 4 is 22.6 Å². The van der Waals surface area contributed by atoms with E-state index in [4.69, 9.17) is 4.74 Å². The zero-order chi connectivity index (χ0) is 9.26. The molecular weight excluding hydrogens is 190 g/mol. The van der Waals surface area contributed by atoms with Gasteiger partial charge in [0.25, 0.3) is 0 Å². The lowest BCUT2D eigenvalue weighted by atomic mass is 10.3. The van der Waals surface area contributed by atoms with Gasteiger partial charge in [0.05, 0.1) is 12.5 Å². The summed E-state index contributed by atoms with van der Waals surface area (Å²) in [5.74, 6) is 0.594. The average molecular weight is 199 g/mol. The summed E-state index contributed by atoms with van der Waals surface area (Å²) in [5, 5.41) is 3.84. The number of ether oxygens (including phenoxy) is 1. The molecule has 13 heavy (non-hydrogen) atoms. The van der Waals surface area contributed by atoms with Crippen LogP contribution < -0.4 is 5.32 Å². The van der Waals surface area contributed by atoms with E-state index in [1.165, 1.54) is 11.5 Å². The van der Waals surface area contributed by atoms with Gasteiger partial charge >= 0.3 is 5.97 Å². The molecule has 2 rings (SSSR count). The summed E-state index contributed by atoms with van der Waals surface area (Å²) in [6, 6.07) is 0.0554. The molecule has 0 saturated carbocycles. The van der Waals surface area contributed by atoms with Crippen LogP contribution in [0.4, 0.5) is 5.13 Å². The van der Waals surface area contributed by atoms with Gasteiger partial charge in [-0.3, -0.25) is 4.79 Å². The van der Waals surface area contributed by atoms with Gasteiger partial charge in [-0.15, -0.1) is 0 Å². The van der Waals surface area contributed by atoms with Gasteiger partial charge in [0.1, 0.15) is 12.4 Å². The fraction of sp³-hybridized carbons (Fsp3) is 0.571. The van der Waals surface area contributed by atoms with Crippen molar-refractivity contribution < 1.29 is 9.53 Å². The Bertz CT molecular complexity index is 325. The van der Waals surface area contributed by atoms with Crippen LogP contribution in [-0.2, 0) is 9.53 Å². The maximum Gasteiger partial charge on any atom is 0.308 e. The lowest BCUT2D eigenvalue weighted by Crippen LogP contribution is -2.18. The number of hydrogen-bond acceptors (Lipinski definition) is 6. The topological polar surface area (TPSA) is 64.1 Å². The van der Waals surface area contributed by atoms with E-state index in [9.17, 15) is 4.79 Å². The molecule has 1 aromatic rings. The molecule has 0 aromatic carbocycles. The van der Waals surface area contributed by atoms with E-state index in [2.05, 4.69) is 14.7 Å². The van der Waals surface area contributed by atoms with E-state index >= 15 is 0 Å².